The van der Waals surface area contributed by atoms with Gasteiger partial charge in [0.15, 0.2) is 0 Å². The molecule has 3 aromatic rings. The Balaban J connectivity index is 1.83. The molecule has 5 nitrogen and oxygen atoms in total. The summed E-state index contributed by atoms with van der Waals surface area (Å²) >= 11 is 1.64. The summed E-state index contributed by atoms with van der Waals surface area (Å²) in [5, 5.41) is 0. The number of carbonyl (C=O) groups is 2. The molecule has 1 atom stereocenters. The highest BCUT2D eigenvalue weighted by Gasteiger charge is 2.26. The molecule has 2 aromatic carbocycles. The van der Waals surface area contributed by atoms with Crippen LogP contribution < -0.4 is 4.74 Å². The molecule has 0 fully saturated rings. The van der Waals surface area contributed by atoms with Crippen molar-refractivity contribution in [1.29, 1.82) is 0 Å². The van der Waals surface area contributed by atoms with Crippen LogP contribution in [-0.4, -0.2) is 41.3 Å². The lowest BCUT2D eigenvalue weighted by atomic mass is 10.1. The zero-order valence-electron chi connectivity index (χ0n) is 20.1. The molecule has 1 heterocycles. The monoisotopic (exact) mass is 482 g/mol. The molecule has 0 spiro atoms. The fourth-order valence-corrected chi connectivity index (χ4v) is 4.50. The fourth-order valence-electron chi connectivity index (χ4n) is 3.59. The van der Waals surface area contributed by atoms with Gasteiger partial charge in [-0.3, -0.25) is 9.59 Å². The molecule has 7 heteroatoms. The molecule has 3 rings (SSSR count). The summed E-state index contributed by atoms with van der Waals surface area (Å²) in [6, 6.07) is 17.0. The largest absolute Gasteiger partial charge is 0.497 e. The lowest BCUT2D eigenvalue weighted by Crippen LogP contribution is -2.46. The van der Waals surface area contributed by atoms with Crippen molar-refractivity contribution in [3.05, 3.63) is 87.4 Å². The molecule has 0 aliphatic rings. The van der Waals surface area contributed by atoms with Crippen LogP contribution >= 0.6 is 11.3 Å². The molecule has 34 heavy (non-hydrogen) atoms. The van der Waals surface area contributed by atoms with Gasteiger partial charge in [0.2, 0.25) is 5.91 Å². The maximum absolute atomic E-state index is 13.5. The average Bonchev–Trinajstić information content (AvgIpc) is 3.26. The zero-order chi connectivity index (χ0) is 24.7. The van der Waals surface area contributed by atoms with E-state index in [1.807, 2.05) is 32.9 Å². The van der Waals surface area contributed by atoms with E-state index in [0.29, 0.717) is 24.4 Å². The van der Waals surface area contributed by atoms with Crippen molar-refractivity contribution >= 4 is 23.2 Å². The van der Waals surface area contributed by atoms with Crippen molar-refractivity contribution in [2.24, 2.45) is 0 Å². The van der Waals surface area contributed by atoms with E-state index in [1.165, 1.54) is 17.0 Å². The summed E-state index contributed by atoms with van der Waals surface area (Å²) < 4.78 is 18.6. The first-order chi connectivity index (χ1) is 16.3. The Morgan fingerprint density at radius 3 is 2.24 bits per heavy atom. The molecule has 0 aliphatic heterocycles. The summed E-state index contributed by atoms with van der Waals surface area (Å²) in [6.07, 6.45) is 0.720. The van der Waals surface area contributed by atoms with Gasteiger partial charge >= 0.3 is 0 Å². The Labute approximate surface area is 204 Å². The van der Waals surface area contributed by atoms with E-state index in [2.05, 4.69) is 0 Å². The molecule has 1 unspecified atom stereocenters. The van der Waals surface area contributed by atoms with Gasteiger partial charge in [-0.2, -0.15) is 0 Å². The van der Waals surface area contributed by atoms with E-state index >= 15 is 0 Å². The van der Waals surface area contributed by atoms with Gasteiger partial charge in [-0.25, -0.2) is 4.39 Å². The summed E-state index contributed by atoms with van der Waals surface area (Å²) in [4.78, 5) is 32.5. The number of carbonyl (C=O) groups excluding carboxylic acids is 2. The van der Waals surface area contributed by atoms with Gasteiger partial charge in [-0.05, 0) is 74.4 Å². The van der Waals surface area contributed by atoms with E-state index in [9.17, 15) is 14.0 Å². The number of rotatable bonds is 10. The zero-order valence-corrected chi connectivity index (χ0v) is 20.9. The third-order valence-electron chi connectivity index (χ3n) is 5.81. The van der Waals surface area contributed by atoms with E-state index in [0.717, 1.165) is 16.9 Å². The Hall–Kier alpha value is -3.19. The Morgan fingerprint density at radius 2 is 1.68 bits per heavy atom. The van der Waals surface area contributed by atoms with E-state index in [-0.39, 0.29) is 30.2 Å². The molecule has 0 N–H and O–H groups in total. The van der Waals surface area contributed by atoms with Crippen LogP contribution in [0.4, 0.5) is 4.39 Å². The maximum atomic E-state index is 13.5. The normalized spacial score (nSPS) is 11.7. The van der Waals surface area contributed by atoms with Gasteiger partial charge in [-0.1, -0.05) is 19.1 Å². The van der Waals surface area contributed by atoms with Crippen LogP contribution in [0.3, 0.4) is 0 Å². The lowest BCUT2D eigenvalue weighted by molar-refractivity contribution is -0.133. The minimum Gasteiger partial charge on any atom is -0.497 e. The number of halogens is 1. The molecule has 0 radical (unpaired) electrons. The Kier molecular flexibility index (Phi) is 8.82. The number of aryl methyl sites for hydroxylation is 1. The van der Waals surface area contributed by atoms with E-state index in [4.69, 9.17) is 4.74 Å². The molecule has 0 aliphatic carbocycles. The first-order valence-corrected chi connectivity index (χ1v) is 12.1. The number of amides is 2. The quantitative estimate of drug-likeness (QED) is 0.374. The van der Waals surface area contributed by atoms with Gasteiger partial charge in [-0.15, -0.1) is 11.3 Å². The lowest BCUT2D eigenvalue weighted by Gasteiger charge is -2.31. The van der Waals surface area contributed by atoms with Crippen LogP contribution in [-0.2, 0) is 17.9 Å². The van der Waals surface area contributed by atoms with Crippen LogP contribution in [0.2, 0.25) is 0 Å². The first kappa shape index (κ1) is 25.4. The van der Waals surface area contributed by atoms with Crippen LogP contribution in [0.15, 0.2) is 60.7 Å². The predicted molar refractivity (Wildman–Crippen MR) is 133 cm³/mol. The second kappa shape index (κ2) is 11.8. The molecule has 0 saturated carbocycles. The average molecular weight is 483 g/mol. The number of benzene rings is 2. The van der Waals surface area contributed by atoms with Gasteiger partial charge < -0.3 is 14.5 Å². The van der Waals surface area contributed by atoms with Crippen molar-refractivity contribution in [2.75, 3.05) is 13.7 Å². The number of hydrogen-bond donors (Lipinski definition) is 0. The Bertz CT molecular complexity index is 1100. The van der Waals surface area contributed by atoms with Crippen molar-refractivity contribution in [1.82, 2.24) is 9.80 Å². The van der Waals surface area contributed by atoms with Crippen LogP contribution in [0.25, 0.3) is 0 Å². The standard InChI is InChI=1S/C27H31FN2O3S/c1-5-19(2)30(27(32)22-9-13-24(33-4)14-10-22)18-26(31)29(17-25-15-6-20(3)34-25)16-21-7-11-23(28)12-8-21/h6-15,19H,5,16-18H2,1-4H3. The smallest absolute Gasteiger partial charge is 0.254 e. The highest BCUT2D eigenvalue weighted by molar-refractivity contribution is 7.11. The molecular formula is C27H31FN2O3S. The van der Waals surface area contributed by atoms with Crippen LogP contribution in [0.5, 0.6) is 5.75 Å². The number of ether oxygens (including phenoxy) is 1. The third kappa shape index (κ3) is 6.67. The summed E-state index contributed by atoms with van der Waals surface area (Å²) in [5.74, 6) is -0.000402. The number of methoxy groups -OCH3 is 1. The molecule has 0 bridgehead atoms. The summed E-state index contributed by atoms with van der Waals surface area (Å²) in [7, 11) is 1.58. The van der Waals surface area contributed by atoms with Crippen LogP contribution in [0.1, 0.15) is 45.9 Å². The van der Waals surface area contributed by atoms with E-state index in [1.54, 1.807) is 64.6 Å². The first-order valence-electron chi connectivity index (χ1n) is 11.3. The molecule has 0 saturated heterocycles. The molecule has 2 amide bonds. The molecular weight excluding hydrogens is 451 g/mol. The summed E-state index contributed by atoms with van der Waals surface area (Å²) in [5.41, 5.74) is 1.34. The number of hydrogen-bond acceptors (Lipinski definition) is 4. The topological polar surface area (TPSA) is 49.9 Å². The third-order valence-corrected chi connectivity index (χ3v) is 6.79. The van der Waals surface area contributed by atoms with Crippen molar-refractivity contribution < 1.29 is 18.7 Å². The van der Waals surface area contributed by atoms with Crippen molar-refractivity contribution in [3.8, 4) is 5.75 Å². The van der Waals surface area contributed by atoms with Gasteiger partial charge in [0.05, 0.1) is 13.7 Å². The highest BCUT2D eigenvalue weighted by atomic mass is 32.1. The summed E-state index contributed by atoms with van der Waals surface area (Å²) in [6.45, 7) is 6.70. The second-order valence-corrected chi connectivity index (χ2v) is 9.68. The van der Waals surface area contributed by atoms with Gasteiger partial charge in [0, 0.05) is 27.9 Å². The highest BCUT2D eigenvalue weighted by Crippen LogP contribution is 2.20. The maximum Gasteiger partial charge on any atom is 0.254 e. The minimum absolute atomic E-state index is 0.0363. The van der Waals surface area contributed by atoms with Crippen LogP contribution in [0, 0.1) is 12.7 Å². The SMILES string of the molecule is CCC(C)N(CC(=O)N(Cc1ccc(F)cc1)Cc1ccc(C)s1)C(=O)c1ccc(OC)cc1. The van der Waals surface area contributed by atoms with Gasteiger partial charge in [0.25, 0.3) is 5.91 Å². The molecule has 1 aromatic heterocycles. The number of thiophene rings is 1. The minimum atomic E-state index is -0.316. The predicted octanol–water partition coefficient (Wildman–Crippen LogP) is 5.67. The second-order valence-electron chi connectivity index (χ2n) is 8.31. The van der Waals surface area contributed by atoms with E-state index < -0.39 is 0 Å². The Morgan fingerprint density at radius 1 is 1.00 bits per heavy atom. The van der Waals surface area contributed by atoms with Crippen molar-refractivity contribution in [3.63, 3.8) is 0 Å². The number of nitrogens with zero attached hydrogens (tertiary/aromatic N) is 2. The van der Waals surface area contributed by atoms with Gasteiger partial charge in [0.1, 0.15) is 18.1 Å². The fraction of sp³-hybridized carbons (Fsp3) is 0.333. The van der Waals surface area contributed by atoms with Crippen molar-refractivity contribution in [2.45, 2.75) is 46.3 Å². The molecule has 180 valence electrons.